The highest BCUT2D eigenvalue weighted by molar-refractivity contribution is 7.51. The Morgan fingerprint density at radius 1 is 1.18 bits per heavy atom. The van der Waals surface area contributed by atoms with Crippen molar-refractivity contribution in [3.05, 3.63) is 58.7 Å². The van der Waals surface area contributed by atoms with Crippen molar-refractivity contribution in [1.82, 2.24) is 20.1 Å². The number of hydrogen-bond donors (Lipinski definition) is 3. The standard InChI is InChI=1S/C30H34FN4O7PS/c1-2-42-24-10-11-32-14-21(24)19-15-34(16-19)30(38)23-8-7-20-4-3-5-22(29(37)35(20)23)33-28(36)26-13-18-12-17(6-9-25(18)44-26)27(31)43(39,40)41/h6,9-14,19-20,22-23,27H,2-5,7-8,15-16H2,1H3,(H,33,36)(H2,39,40,41)/t20-,22-,23-,27+/m0/s1. The third kappa shape index (κ3) is 5.85. The van der Waals surface area contributed by atoms with Gasteiger partial charge in [0.25, 0.3) is 5.91 Å². The number of ether oxygens (including phenoxy) is 1. The molecular weight excluding hydrogens is 610 g/mol. The molecule has 2 aromatic heterocycles. The molecule has 3 fully saturated rings. The number of amides is 3. The molecule has 6 rings (SSSR count). The summed E-state index contributed by atoms with van der Waals surface area (Å²) in [5.41, 5.74) is 0.800. The van der Waals surface area contributed by atoms with E-state index in [1.807, 2.05) is 13.0 Å². The van der Waals surface area contributed by atoms with Crippen LogP contribution in [0.15, 0.2) is 42.7 Å². The maximum absolute atomic E-state index is 14.2. The molecule has 1 aromatic carbocycles. The van der Waals surface area contributed by atoms with Crippen LogP contribution in [0.5, 0.6) is 5.75 Å². The molecule has 3 aromatic rings. The molecule has 0 spiro atoms. The second kappa shape index (κ2) is 12.2. The van der Waals surface area contributed by atoms with Gasteiger partial charge in [0.1, 0.15) is 17.8 Å². The van der Waals surface area contributed by atoms with E-state index < -0.39 is 31.5 Å². The molecule has 4 atom stereocenters. The van der Waals surface area contributed by atoms with Crippen LogP contribution in [0.3, 0.4) is 0 Å². The molecule has 3 aliphatic rings. The van der Waals surface area contributed by atoms with E-state index in [0.29, 0.717) is 47.5 Å². The summed E-state index contributed by atoms with van der Waals surface area (Å²) in [6, 6.07) is 6.07. The second-order valence-electron chi connectivity index (χ2n) is 11.6. The molecule has 11 nitrogen and oxygen atoms in total. The number of nitrogens with zero attached hydrogens (tertiary/aromatic N) is 3. The minimum atomic E-state index is -4.97. The zero-order chi connectivity index (χ0) is 31.2. The lowest BCUT2D eigenvalue weighted by Gasteiger charge is -2.42. The molecule has 0 saturated carbocycles. The van der Waals surface area contributed by atoms with Crippen molar-refractivity contribution in [2.24, 2.45) is 0 Å². The van der Waals surface area contributed by atoms with Crippen LogP contribution in [0.1, 0.15) is 71.7 Å². The molecule has 5 heterocycles. The van der Waals surface area contributed by atoms with Crippen LogP contribution >= 0.6 is 18.9 Å². The van der Waals surface area contributed by atoms with Crippen molar-refractivity contribution in [3.8, 4) is 5.75 Å². The molecule has 3 N–H and O–H groups in total. The first-order valence-corrected chi connectivity index (χ1v) is 17.3. The largest absolute Gasteiger partial charge is 0.493 e. The lowest BCUT2D eigenvalue weighted by atomic mass is 9.91. The van der Waals surface area contributed by atoms with Gasteiger partial charge in [-0.3, -0.25) is 23.9 Å². The zero-order valence-electron chi connectivity index (χ0n) is 24.1. The van der Waals surface area contributed by atoms with Gasteiger partial charge in [-0.25, -0.2) is 4.39 Å². The molecule has 3 saturated heterocycles. The topological polar surface area (TPSA) is 149 Å². The predicted molar refractivity (Wildman–Crippen MR) is 161 cm³/mol. The molecule has 3 aliphatic heterocycles. The number of hydrogen-bond acceptors (Lipinski definition) is 7. The number of likely N-dealkylation sites (tertiary alicyclic amines) is 1. The van der Waals surface area contributed by atoms with Crippen LogP contribution < -0.4 is 10.1 Å². The van der Waals surface area contributed by atoms with E-state index in [9.17, 15) is 33.1 Å². The third-order valence-corrected chi connectivity index (χ3v) is 10.8. The number of aromatic nitrogens is 1. The highest BCUT2D eigenvalue weighted by Gasteiger charge is 2.47. The average Bonchev–Trinajstić information content (AvgIpc) is 3.56. The van der Waals surface area contributed by atoms with E-state index in [2.05, 4.69) is 10.3 Å². The molecule has 234 valence electrons. The lowest BCUT2D eigenvalue weighted by molar-refractivity contribution is -0.148. The molecule has 3 amide bonds. The molecule has 0 aliphatic carbocycles. The molecular formula is C30H34FN4O7PS. The number of carbonyl (C=O) groups excluding carboxylic acids is 3. The summed E-state index contributed by atoms with van der Waals surface area (Å²) in [7, 11) is -4.97. The summed E-state index contributed by atoms with van der Waals surface area (Å²) in [5.74, 6) is -2.37. The van der Waals surface area contributed by atoms with Gasteiger partial charge in [-0.1, -0.05) is 6.07 Å². The quantitative estimate of drug-likeness (QED) is 0.310. The minimum Gasteiger partial charge on any atom is -0.493 e. The van der Waals surface area contributed by atoms with Crippen LogP contribution in [-0.4, -0.2) is 80.1 Å². The van der Waals surface area contributed by atoms with Gasteiger partial charge >= 0.3 is 7.60 Å². The summed E-state index contributed by atoms with van der Waals surface area (Å²) < 4.78 is 32.0. The summed E-state index contributed by atoms with van der Waals surface area (Å²) in [5, 5.41) is 3.33. The fourth-order valence-electron chi connectivity index (χ4n) is 6.54. The van der Waals surface area contributed by atoms with Gasteiger partial charge in [0.05, 0.1) is 11.5 Å². The molecule has 0 bridgehead atoms. The molecule has 0 radical (unpaired) electrons. The van der Waals surface area contributed by atoms with Gasteiger partial charge < -0.3 is 29.6 Å². The summed E-state index contributed by atoms with van der Waals surface area (Å²) in [6.07, 6.45) is 6.71. The van der Waals surface area contributed by atoms with Crippen molar-refractivity contribution in [3.63, 3.8) is 0 Å². The van der Waals surface area contributed by atoms with E-state index in [1.54, 1.807) is 22.2 Å². The number of pyridine rings is 1. The highest BCUT2D eigenvalue weighted by Crippen LogP contribution is 2.53. The number of carbonyl (C=O) groups is 3. The second-order valence-corrected chi connectivity index (χ2v) is 14.3. The first kappa shape index (κ1) is 30.6. The van der Waals surface area contributed by atoms with Crippen molar-refractivity contribution >= 4 is 46.7 Å². The van der Waals surface area contributed by atoms with Gasteiger partial charge in [0.15, 0.2) is 0 Å². The third-order valence-electron chi connectivity index (χ3n) is 8.75. The Hall–Kier alpha value is -3.38. The van der Waals surface area contributed by atoms with Crippen molar-refractivity contribution in [2.45, 2.75) is 69.0 Å². The van der Waals surface area contributed by atoms with E-state index in [1.165, 1.54) is 24.3 Å². The Morgan fingerprint density at radius 2 is 1.98 bits per heavy atom. The van der Waals surface area contributed by atoms with E-state index in [-0.39, 0.29) is 29.3 Å². The number of benzene rings is 1. The number of nitrogens with one attached hydrogen (secondary N) is 1. The van der Waals surface area contributed by atoms with Gasteiger partial charge in [0.2, 0.25) is 17.7 Å². The fraction of sp³-hybridized carbons (Fsp3) is 0.467. The van der Waals surface area contributed by atoms with Crippen LogP contribution in [0.25, 0.3) is 10.1 Å². The maximum atomic E-state index is 14.2. The number of halogens is 1. The van der Waals surface area contributed by atoms with Crippen molar-refractivity contribution in [2.75, 3.05) is 19.7 Å². The van der Waals surface area contributed by atoms with Gasteiger partial charge in [0, 0.05) is 47.7 Å². The van der Waals surface area contributed by atoms with Gasteiger partial charge in [-0.05, 0) is 74.2 Å². The maximum Gasteiger partial charge on any atom is 0.363 e. The summed E-state index contributed by atoms with van der Waals surface area (Å²) >= 11 is 1.14. The first-order chi connectivity index (χ1) is 21.0. The average molecular weight is 645 g/mol. The monoisotopic (exact) mass is 644 g/mol. The van der Waals surface area contributed by atoms with E-state index in [4.69, 9.17) is 4.74 Å². The van der Waals surface area contributed by atoms with Gasteiger partial charge in [-0.2, -0.15) is 0 Å². The molecule has 0 unspecified atom stereocenters. The Balaban J connectivity index is 1.13. The number of thiophene rings is 1. The smallest absolute Gasteiger partial charge is 0.363 e. The number of fused-ring (bicyclic) bond motifs is 2. The number of rotatable bonds is 8. The predicted octanol–water partition coefficient (Wildman–Crippen LogP) is 4.11. The van der Waals surface area contributed by atoms with Crippen molar-refractivity contribution < 1.29 is 37.9 Å². The molecule has 44 heavy (non-hydrogen) atoms. The summed E-state index contributed by atoms with van der Waals surface area (Å²) in [4.78, 5) is 67.1. The van der Waals surface area contributed by atoms with Crippen LogP contribution in [-0.2, 0) is 14.2 Å². The lowest BCUT2D eigenvalue weighted by Crippen LogP contribution is -2.58. The first-order valence-electron chi connectivity index (χ1n) is 14.8. The Bertz CT molecular complexity index is 1640. The van der Waals surface area contributed by atoms with Crippen LogP contribution in [0, 0.1) is 0 Å². The zero-order valence-corrected chi connectivity index (χ0v) is 25.8. The highest BCUT2D eigenvalue weighted by atomic mass is 32.1. The Kier molecular flexibility index (Phi) is 8.49. The minimum absolute atomic E-state index is 0.0521. The van der Waals surface area contributed by atoms with E-state index in [0.717, 1.165) is 41.9 Å². The van der Waals surface area contributed by atoms with Crippen LogP contribution in [0.2, 0.25) is 0 Å². The van der Waals surface area contributed by atoms with Gasteiger partial charge in [-0.15, -0.1) is 11.3 Å². The SMILES string of the molecule is CCOc1ccncc1C1CN(C(=O)[C@@H]2CC[C@@H]3CCC[C@H](NC(=O)c4cc5cc([C@H](F)P(=O)(O)O)ccc5s4)C(=O)N32)C1. The Labute approximate surface area is 257 Å². The van der Waals surface area contributed by atoms with Crippen molar-refractivity contribution in [1.29, 1.82) is 0 Å². The normalized spacial score (nSPS) is 23.2. The summed E-state index contributed by atoms with van der Waals surface area (Å²) in [6.45, 7) is 3.51. The van der Waals surface area contributed by atoms with E-state index >= 15 is 0 Å². The Morgan fingerprint density at radius 3 is 2.73 bits per heavy atom. The molecule has 14 heteroatoms. The number of alkyl halides is 1. The fourth-order valence-corrected chi connectivity index (χ4v) is 8.03. The van der Waals surface area contributed by atoms with Crippen LogP contribution in [0.4, 0.5) is 4.39 Å².